The Labute approximate surface area is 227 Å². The predicted octanol–water partition coefficient (Wildman–Crippen LogP) is 7.45. The molecule has 3 N–H and O–H groups in total. The molecule has 216 valence electrons. The molecule has 0 aliphatic carbocycles. The van der Waals surface area contributed by atoms with Gasteiger partial charge in [-0.15, -0.1) is 0 Å². The fraction of sp³-hybridized carbons (Fsp3) is 0.767. The third-order valence-electron chi connectivity index (χ3n) is 6.29. The van der Waals surface area contributed by atoms with E-state index in [0.29, 0.717) is 12.8 Å². The summed E-state index contributed by atoms with van der Waals surface area (Å²) in [6.45, 7) is 4.39. The van der Waals surface area contributed by atoms with Crippen molar-refractivity contribution in [3.8, 4) is 0 Å². The van der Waals surface area contributed by atoms with E-state index in [1.54, 1.807) is 6.08 Å². The summed E-state index contributed by atoms with van der Waals surface area (Å²) in [7, 11) is -4.34. The molecule has 0 fully saturated rings. The topological polar surface area (TPSA) is 104 Å². The Morgan fingerprint density at radius 3 is 1.78 bits per heavy atom. The van der Waals surface area contributed by atoms with Crippen molar-refractivity contribution in [2.45, 2.75) is 142 Å². The Bertz CT molecular complexity index is 730. The van der Waals surface area contributed by atoms with Gasteiger partial charge >= 0.3 is 0 Å². The van der Waals surface area contributed by atoms with Gasteiger partial charge in [0.05, 0.1) is 17.9 Å². The van der Waals surface area contributed by atoms with E-state index in [-0.39, 0.29) is 12.3 Å². The molecule has 0 spiro atoms. The van der Waals surface area contributed by atoms with Crippen LogP contribution < -0.4 is 5.32 Å². The summed E-state index contributed by atoms with van der Waals surface area (Å²) in [6.07, 6.45) is 30.0. The molecule has 0 saturated carbocycles. The molecule has 2 unspecified atom stereocenters. The van der Waals surface area contributed by atoms with Crippen LogP contribution in [0.5, 0.6) is 0 Å². The summed E-state index contributed by atoms with van der Waals surface area (Å²) in [5, 5.41) is 13.0. The average molecular weight is 542 g/mol. The molecule has 37 heavy (non-hydrogen) atoms. The molecule has 1 amide bonds. The Hall–Kier alpha value is -1.44. The highest BCUT2D eigenvalue weighted by Crippen LogP contribution is 2.10. The molecule has 6 nitrogen and oxygen atoms in total. The number of hydrogen-bond acceptors (Lipinski definition) is 4. The number of carbonyl (C=O) groups is 1. The first-order valence-electron chi connectivity index (χ1n) is 14.7. The van der Waals surface area contributed by atoms with E-state index in [0.717, 1.165) is 51.4 Å². The number of hydrogen-bond donors (Lipinski definition) is 3. The van der Waals surface area contributed by atoms with Crippen LogP contribution in [0.4, 0.5) is 0 Å². The fourth-order valence-corrected chi connectivity index (χ4v) is 4.77. The van der Waals surface area contributed by atoms with E-state index < -0.39 is 28.0 Å². The highest BCUT2D eigenvalue weighted by molar-refractivity contribution is 7.85. The Balaban J connectivity index is 4.12. The van der Waals surface area contributed by atoms with Gasteiger partial charge in [-0.05, 0) is 51.4 Å². The van der Waals surface area contributed by atoms with Gasteiger partial charge < -0.3 is 10.4 Å². The largest absolute Gasteiger partial charge is 0.387 e. The van der Waals surface area contributed by atoms with Crippen molar-refractivity contribution >= 4 is 16.0 Å². The zero-order chi connectivity index (χ0) is 27.6. The predicted molar refractivity (Wildman–Crippen MR) is 156 cm³/mol. The van der Waals surface area contributed by atoms with E-state index >= 15 is 0 Å². The lowest BCUT2D eigenvalue weighted by atomic mass is 10.1. The van der Waals surface area contributed by atoms with Crippen molar-refractivity contribution < 1.29 is 22.9 Å². The van der Waals surface area contributed by atoms with Crippen molar-refractivity contribution in [1.82, 2.24) is 5.32 Å². The maximum atomic E-state index is 12.3. The van der Waals surface area contributed by atoms with E-state index in [2.05, 4.69) is 43.5 Å². The molecule has 0 bridgehead atoms. The molecule has 0 heterocycles. The minimum atomic E-state index is -4.34. The van der Waals surface area contributed by atoms with Gasteiger partial charge in [0.2, 0.25) is 5.91 Å². The molecule has 2 atom stereocenters. The molecule has 0 aliphatic heterocycles. The third kappa shape index (κ3) is 26.0. The van der Waals surface area contributed by atoms with Crippen molar-refractivity contribution in [3.05, 3.63) is 36.5 Å². The monoisotopic (exact) mass is 541 g/mol. The lowest BCUT2D eigenvalue weighted by molar-refractivity contribution is -0.122. The molecule has 0 aromatic rings. The molecule has 0 radical (unpaired) electrons. The summed E-state index contributed by atoms with van der Waals surface area (Å²) < 4.78 is 32.0. The van der Waals surface area contributed by atoms with Crippen LogP contribution >= 0.6 is 0 Å². The second kappa shape index (κ2) is 24.9. The molecule has 0 rings (SSSR count). The number of nitrogens with one attached hydrogen (secondary N) is 1. The van der Waals surface area contributed by atoms with E-state index in [1.807, 2.05) is 0 Å². The third-order valence-corrected chi connectivity index (χ3v) is 7.07. The van der Waals surface area contributed by atoms with Gasteiger partial charge in [-0.25, -0.2) is 0 Å². The van der Waals surface area contributed by atoms with Crippen LogP contribution in [0.15, 0.2) is 36.5 Å². The zero-order valence-corrected chi connectivity index (χ0v) is 24.4. The van der Waals surface area contributed by atoms with Crippen LogP contribution in [0.1, 0.15) is 129 Å². The van der Waals surface area contributed by atoms with Gasteiger partial charge in [-0.2, -0.15) is 8.42 Å². The number of aliphatic hydroxyl groups is 1. The van der Waals surface area contributed by atoms with Crippen molar-refractivity contribution in [2.24, 2.45) is 0 Å². The van der Waals surface area contributed by atoms with Gasteiger partial charge in [0.15, 0.2) is 0 Å². The molecule has 0 aromatic carbocycles. The minimum Gasteiger partial charge on any atom is -0.387 e. The number of rotatable bonds is 25. The zero-order valence-electron chi connectivity index (χ0n) is 23.6. The lowest BCUT2D eigenvalue weighted by Gasteiger charge is -2.21. The fourth-order valence-electron chi connectivity index (χ4n) is 4.03. The van der Waals surface area contributed by atoms with Crippen LogP contribution in [-0.2, 0) is 14.9 Å². The van der Waals surface area contributed by atoms with E-state index in [4.69, 9.17) is 0 Å². The van der Waals surface area contributed by atoms with Gasteiger partial charge in [0.1, 0.15) is 0 Å². The van der Waals surface area contributed by atoms with E-state index in [1.165, 1.54) is 51.0 Å². The maximum absolute atomic E-state index is 12.3. The standard InChI is InChI=1S/C30H55NO5S/c1-3-5-7-9-11-13-14-15-16-17-18-20-22-24-26-30(33)31-28(27-37(34,35)36)29(32)25-23-21-19-12-10-8-6-4-2/h10,12,14-15,23,25,28-29,32H,3-9,11,13,16-22,24,26-27H2,1-2H3,(H,31,33)(H,34,35,36)/b12-10+,15-14-,25-23+. The van der Waals surface area contributed by atoms with Gasteiger partial charge in [0.25, 0.3) is 10.1 Å². The second-order valence-corrected chi connectivity index (χ2v) is 11.5. The summed E-state index contributed by atoms with van der Waals surface area (Å²) in [4.78, 5) is 12.3. The highest BCUT2D eigenvalue weighted by Gasteiger charge is 2.24. The summed E-state index contributed by atoms with van der Waals surface area (Å²) in [5.74, 6) is -1.02. The summed E-state index contributed by atoms with van der Waals surface area (Å²) >= 11 is 0. The Morgan fingerprint density at radius 2 is 1.19 bits per heavy atom. The number of allylic oxidation sites excluding steroid dienone is 5. The minimum absolute atomic E-state index is 0.277. The van der Waals surface area contributed by atoms with E-state index in [9.17, 15) is 22.9 Å². The first-order valence-corrected chi connectivity index (χ1v) is 16.3. The maximum Gasteiger partial charge on any atom is 0.267 e. The van der Waals surface area contributed by atoms with Gasteiger partial charge in [-0.1, -0.05) is 108 Å². The van der Waals surface area contributed by atoms with Crippen molar-refractivity contribution in [1.29, 1.82) is 0 Å². The number of carbonyl (C=O) groups excluding carboxylic acids is 1. The van der Waals surface area contributed by atoms with Crippen molar-refractivity contribution in [3.63, 3.8) is 0 Å². The number of amides is 1. The first kappa shape index (κ1) is 35.6. The molecule has 0 aromatic heterocycles. The smallest absolute Gasteiger partial charge is 0.267 e. The molecule has 0 saturated heterocycles. The first-order chi connectivity index (χ1) is 17.8. The average Bonchev–Trinajstić information content (AvgIpc) is 2.84. The highest BCUT2D eigenvalue weighted by atomic mass is 32.2. The van der Waals surface area contributed by atoms with Crippen LogP contribution in [0.25, 0.3) is 0 Å². The lowest BCUT2D eigenvalue weighted by Crippen LogP contribution is -2.46. The normalized spacial score (nSPS) is 14.2. The quantitative estimate of drug-likeness (QED) is 0.0632. The Morgan fingerprint density at radius 1 is 0.703 bits per heavy atom. The van der Waals surface area contributed by atoms with Crippen LogP contribution in [0.3, 0.4) is 0 Å². The Kier molecular flexibility index (Phi) is 23.9. The molecule has 7 heteroatoms. The summed E-state index contributed by atoms with van der Waals surface area (Å²) in [6, 6.07) is -1.07. The summed E-state index contributed by atoms with van der Waals surface area (Å²) in [5.41, 5.74) is 0. The van der Waals surface area contributed by atoms with Crippen LogP contribution in [0.2, 0.25) is 0 Å². The van der Waals surface area contributed by atoms with Crippen LogP contribution in [-0.4, -0.2) is 41.9 Å². The van der Waals surface area contributed by atoms with Gasteiger partial charge in [0, 0.05) is 6.42 Å². The second-order valence-electron chi connectivity index (χ2n) is 10.0. The molecule has 0 aliphatic rings. The molecular weight excluding hydrogens is 486 g/mol. The van der Waals surface area contributed by atoms with Crippen LogP contribution in [0, 0.1) is 0 Å². The molecular formula is C30H55NO5S. The number of aliphatic hydroxyl groups excluding tert-OH is 1. The number of unbranched alkanes of at least 4 members (excludes halogenated alkanes) is 13. The van der Waals surface area contributed by atoms with Crippen molar-refractivity contribution in [2.75, 3.05) is 5.75 Å². The van der Waals surface area contributed by atoms with Gasteiger partial charge in [-0.3, -0.25) is 9.35 Å². The SMILES string of the molecule is CCCC/C=C/CC/C=C/C(O)C(CS(=O)(=O)O)NC(=O)CCCCCCC/C=C\CCCCCCC.